The lowest BCUT2D eigenvalue weighted by Gasteiger charge is -2.56. The standard InChI is InChI=1S/C20H16.C19H22.C19H20.C18H20.C17H18.C16H14.C14H12.C11H12/c1-2-8-15(9-3-1)14-20-18-12-6-4-10-16(18)17-11-5-7-13-19(17)20;1-2-4-17-14(3-1)5-6-18(17)19-15-8-12-7-13(10-15)11-16(19)9-12;1-2-8-14(9-3-1)19-17-12-6-4-10-15(17)16-11-5-7-13-18(16)19;1-18(2,3)12-17-15-10-6-4-8-13(15)14-9-5-7-11-16(14)17;1-12(2)11-17-15-9-5-3-7-13(15)14-8-4-6-10-16(14)17;1-12-11-16(13-7-3-2-4-8-13)15-10-6-5-9-14(12)15;1-10-11-6-2-4-8-13(11)14-9-5-3-7-12(10)14;1-8-4-3-5-10-9(2)6-7-11(8)10/h1-13,20H,14H2;1-6,12-13,15-16,18-19H,7-11H2;4-7,10-14,19H,1-3,8-9H2;4-11,17H,12H2,1-3H3;3-10,12,17H,11H2,1-2H3;2-12H,1H3;2-10H,1H3;3-7,9H,1-2H3. The summed E-state index contributed by atoms with van der Waals surface area (Å²) in [5.41, 5.74) is 44.1. The monoisotopic (exact) mass is 1740 g/mol. The molecule has 13 aliphatic rings. The molecule has 0 N–H and O–H groups in total. The number of aryl methyl sites for hydroxylation is 1. The molecule has 0 saturated heterocycles. The van der Waals surface area contributed by atoms with Gasteiger partial charge in [0.25, 0.3) is 0 Å². The van der Waals surface area contributed by atoms with Gasteiger partial charge in [0.15, 0.2) is 0 Å². The highest BCUT2D eigenvalue weighted by atomic mass is 14.6. The fourth-order valence-electron chi connectivity index (χ4n) is 26.3. The molecule has 15 aromatic rings. The predicted molar refractivity (Wildman–Crippen MR) is 570 cm³/mol. The van der Waals surface area contributed by atoms with Crippen LogP contribution in [0.3, 0.4) is 0 Å². The second kappa shape index (κ2) is 40.0. The molecule has 13 aliphatic carbocycles. The summed E-state index contributed by atoms with van der Waals surface area (Å²) in [6.45, 7) is 20.6. The SMILES string of the molecule is C1=CC(C2C3CC4CC(C3)CC2C4)c2ccccc21.CC(C)(C)CC1c2ccccc2-c2ccccc21.CC(C)CC1c2ccccc2-c2ccccc21.CC1C=C(c2ccccc2)c2ccccc21.CC1c2ccccc2-c2ccccc21.Cc1cccc2c1C=CC2C.c1ccc(CC2c3ccccc3-c3ccccc32)cc1.c1ccc2c(c1)-c1ccccc1C2C1CCCCC1. The highest BCUT2D eigenvalue weighted by Gasteiger charge is 2.51. The van der Waals surface area contributed by atoms with Crippen molar-refractivity contribution in [2.24, 2.45) is 46.8 Å². The van der Waals surface area contributed by atoms with Gasteiger partial charge in [0.2, 0.25) is 0 Å². The third-order valence-electron chi connectivity index (χ3n) is 32.0. The maximum atomic E-state index is 2.53. The van der Waals surface area contributed by atoms with Crippen molar-refractivity contribution in [2.75, 3.05) is 0 Å². The molecular formula is C134H134. The van der Waals surface area contributed by atoms with Gasteiger partial charge < -0.3 is 0 Å². The van der Waals surface area contributed by atoms with Crippen LogP contribution in [0.5, 0.6) is 0 Å². The summed E-state index contributed by atoms with van der Waals surface area (Å²) in [5.74, 6) is 11.6. The van der Waals surface area contributed by atoms with Crippen molar-refractivity contribution in [3.63, 3.8) is 0 Å². The minimum Gasteiger partial charge on any atom is -0.0767 e. The number of benzene rings is 15. The Labute approximate surface area is 801 Å². The number of hydrogen-bond acceptors (Lipinski definition) is 0. The molecule has 28 rings (SSSR count). The van der Waals surface area contributed by atoms with Crippen LogP contribution in [-0.4, -0.2) is 0 Å². The fourth-order valence-corrected chi connectivity index (χ4v) is 26.3. The summed E-state index contributed by atoms with van der Waals surface area (Å²) in [4.78, 5) is 0. The number of rotatable bonds is 8. The van der Waals surface area contributed by atoms with Crippen LogP contribution < -0.4 is 0 Å². The summed E-state index contributed by atoms with van der Waals surface area (Å²) in [6, 6.07) is 134. The molecule has 0 heterocycles. The maximum absolute atomic E-state index is 2.53. The molecule has 3 atom stereocenters. The van der Waals surface area contributed by atoms with Gasteiger partial charge in [-0.25, -0.2) is 0 Å². The van der Waals surface area contributed by atoms with Crippen molar-refractivity contribution in [3.8, 4) is 55.6 Å². The normalized spacial score (nSPS) is 20.1. The van der Waals surface area contributed by atoms with E-state index in [-0.39, 0.29) is 0 Å². The zero-order valence-electron chi connectivity index (χ0n) is 80.5. The van der Waals surface area contributed by atoms with Crippen LogP contribution in [0.2, 0.25) is 0 Å². The molecule has 670 valence electrons. The smallest absolute Gasteiger partial charge is 0.0142 e. The van der Waals surface area contributed by atoms with E-state index < -0.39 is 0 Å². The number of fused-ring (bicyclic) bond motifs is 18. The van der Waals surface area contributed by atoms with E-state index in [0.29, 0.717) is 46.8 Å². The lowest BCUT2D eigenvalue weighted by Crippen LogP contribution is -2.46. The van der Waals surface area contributed by atoms with E-state index in [1.54, 1.807) is 48.8 Å². The third-order valence-corrected chi connectivity index (χ3v) is 32.0. The molecule has 0 aliphatic heterocycles. The molecule has 0 aromatic heterocycles. The molecule has 0 heteroatoms. The Kier molecular flexibility index (Phi) is 26.7. The molecule has 134 heavy (non-hydrogen) atoms. The topological polar surface area (TPSA) is 0 Å². The van der Waals surface area contributed by atoms with E-state index in [0.717, 1.165) is 53.8 Å². The van der Waals surface area contributed by atoms with Gasteiger partial charge in [0.05, 0.1) is 0 Å². The van der Waals surface area contributed by atoms with Gasteiger partial charge in [-0.3, -0.25) is 0 Å². The maximum Gasteiger partial charge on any atom is 0.0142 e. The summed E-state index contributed by atoms with van der Waals surface area (Å²) in [6.07, 6.45) is 30.1. The van der Waals surface area contributed by atoms with Gasteiger partial charge in [-0.15, -0.1) is 0 Å². The summed E-state index contributed by atoms with van der Waals surface area (Å²) in [5, 5.41) is 0. The molecule has 15 aromatic carbocycles. The Bertz CT molecular complexity index is 6460. The van der Waals surface area contributed by atoms with Gasteiger partial charge in [0.1, 0.15) is 0 Å². The van der Waals surface area contributed by atoms with Crippen LogP contribution in [0, 0.1) is 53.8 Å². The first-order valence-electron chi connectivity index (χ1n) is 51.0. The highest BCUT2D eigenvalue weighted by Crippen LogP contribution is 2.62. The van der Waals surface area contributed by atoms with E-state index in [4.69, 9.17) is 0 Å². The summed E-state index contributed by atoms with van der Waals surface area (Å²) < 4.78 is 0. The molecule has 0 nitrogen and oxygen atoms in total. The molecular weight excluding hydrogens is 1610 g/mol. The van der Waals surface area contributed by atoms with Crippen molar-refractivity contribution < 1.29 is 0 Å². The van der Waals surface area contributed by atoms with Crippen molar-refractivity contribution in [3.05, 3.63) is 494 Å². The molecule has 0 spiro atoms. The summed E-state index contributed by atoms with van der Waals surface area (Å²) >= 11 is 0. The Morgan fingerprint density at radius 2 is 0.679 bits per heavy atom. The summed E-state index contributed by atoms with van der Waals surface area (Å²) in [7, 11) is 0. The van der Waals surface area contributed by atoms with E-state index in [9.17, 15) is 0 Å². The minimum atomic E-state index is 0.356. The lowest BCUT2D eigenvalue weighted by atomic mass is 9.49. The van der Waals surface area contributed by atoms with E-state index in [1.165, 1.54) is 195 Å². The second-order valence-electron chi connectivity index (χ2n) is 42.3. The average Bonchev–Trinajstić information content (AvgIpc) is 0.788. The average molecular weight is 1740 g/mol. The Morgan fingerprint density at radius 3 is 1.13 bits per heavy atom. The van der Waals surface area contributed by atoms with E-state index >= 15 is 0 Å². The third kappa shape index (κ3) is 18.6. The van der Waals surface area contributed by atoms with Crippen LogP contribution in [0.25, 0.3) is 73.4 Å². The van der Waals surface area contributed by atoms with Gasteiger partial charge in [-0.2, -0.15) is 0 Å². The number of allylic oxidation sites excluding steroid dienone is 3. The zero-order chi connectivity index (χ0) is 91.3. The van der Waals surface area contributed by atoms with Gasteiger partial charge in [-0.05, 0) is 291 Å². The van der Waals surface area contributed by atoms with Gasteiger partial charge >= 0.3 is 0 Å². The van der Waals surface area contributed by atoms with Crippen molar-refractivity contribution >= 4 is 17.7 Å². The van der Waals surface area contributed by atoms with Crippen molar-refractivity contribution in [1.82, 2.24) is 0 Å². The Morgan fingerprint density at radius 1 is 0.306 bits per heavy atom. The van der Waals surface area contributed by atoms with Gasteiger partial charge in [-0.1, -0.05) is 475 Å². The van der Waals surface area contributed by atoms with Crippen LogP contribution >= 0.6 is 0 Å². The van der Waals surface area contributed by atoms with Gasteiger partial charge in [0, 0.05) is 41.4 Å². The molecule has 3 unspecified atom stereocenters. The highest BCUT2D eigenvalue weighted by molar-refractivity contribution is 5.87. The second-order valence-corrected chi connectivity index (χ2v) is 42.3. The van der Waals surface area contributed by atoms with E-state index in [2.05, 4.69) is 463 Å². The van der Waals surface area contributed by atoms with E-state index in [1.807, 2.05) is 0 Å². The first kappa shape index (κ1) is 89.4. The molecule has 5 fully saturated rings. The quantitative estimate of drug-likeness (QED) is 0.142. The van der Waals surface area contributed by atoms with Crippen LogP contribution in [-0.2, 0) is 6.42 Å². The van der Waals surface area contributed by atoms with Crippen LogP contribution in [0.15, 0.2) is 388 Å². The molecule has 4 bridgehead atoms. The Hall–Kier alpha value is -12.5. The number of hydrogen-bond donors (Lipinski definition) is 0. The molecule has 0 radical (unpaired) electrons. The van der Waals surface area contributed by atoms with Crippen LogP contribution in [0.1, 0.15) is 285 Å². The molecule has 5 saturated carbocycles. The largest absolute Gasteiger partial charge is 0.0767 e. The first-order valence-corrected chi connectivity index (χ1v) is 51.0. The Balaban J connectivity index is 0.0000000955. The molecule has 0 amide bonds. The van der Waals surface area contributed by atoms with Crippen molar-refractivity contribution in [2.45, 2.75) is 193 Å². The first-order chi connectivity index (χ1) is 65.6. The van der Waals surface area contributed by atoms with Crippen LogP contribution in [0.4, 0.5) is 0 Å². The minimum absolute atomic E-state index is 0.356. The zero-order valence-corrected chi connectivity index (χ0v) is 80.5. The lowest BCUT2D eigenvalue weighted by molar-refractivity contribution is -0.0417. The predicted octanol–water partition coefficient (Wildman–Crippen LogP) is 36.5. The van der Waals surface area contributed by atoms with Crippen molar-refractivity contribution in [1.29, 1.82) is 0 Å². The fraction of sp³-hybridized carbons (Fsp3) is 0.284.